The van der Waals surface area contributed by atoms with E-state index >= 15 is 0 Å². The number of rotatable bonds is 7. The van der Waals surface area contributed by atoms with Gasteiger partial charge in [0.2, 0.25) is 12.3 Å². The highest BCUT2D eigenvalue weighted by atomic mass is 32.2. The molecule has 8 nitrogen and oxygen atoms in total. The van der Waals surface area contributed by atoms with Gasteiger partial charge in [0.1, 0.15) is 6.17 Å². The number of aromatic nitrogens is 3. The predicted octanol–water partition coefficient (Wildman–Crippen LogP) is 3.45. The molecule has 186 valence electrons. The lowest BCUT2D eigenvalue weighted by Gasteiger charge is -2.31. The number of likely N-dealkylation sites (tertiary alicyclic amines) is 1. The number of nitrogens with zero attached hydrogens (tertiary/aromatic N) is 4. The Balaban J connectivity index is 1.71. The van der Waals surface area contributed by atoms with Gasteiger partial charge in [0.25, 0.3) is 0 Å². The minimum atomic E-state index is -4.44. The van der Waals surface area contributed by atoms with Crippen molar-refractivity contribution in [3.63, 3.8) is 0 Å². The molecule has 1 aliphatic rings. The Morgan fingerprint density at radius 3 is 2.51 bits per heavy atom. The first-order valence-electron chi connectivity index (χ1n) is 10.9. The molecule has 1 aromatic carbocycles. The van der Waals surface area contributed by atoms with E-state index in [1.807, 2.05) is 0 Å². The maximum absolute atomic E-state index is 13.3. The van der Waals surface area contributed by atoms with Crippen molar-refractivity contribution in [1.29, 1.82) is 0 Å². The molecular weight excluding hydrogens is 483 g/mol. The van der Waals surface area contributed by atoms with E-state index in [-0.39, 0.29) is 28.3 Å². The summed E-state index contributed by atoms with van der Waals surface area (Å²) in [6.45, 7) is 1.81. The summed E-state index contributed by atoms with van der Waals surface area (Å²) in [5.74, 6) is -0.227. The van der Waals surface area contributed by atoms with E-state index in [1.54, 1.807) is 18.5 Å². The smallest absolute Gasteiger partial charge is 0.446 e. The molecular formula is C23H24F3N5O3S. The fourth-order valence-electron chi connectivity index (χ4n) is 4.39. The second-order valence-electron chi connectivity index (χ2n) is 8.32. The van der Waals surface area contributed by atoms with Gasteiger partial charge in [0.05, 0.1) is 11.9 Å². The van der Waals surface area contributed by atoms with Gasteiger partial charge in [-0.2, -0.15) is 13.2 Å². The molecule has 3 aromatic rings. The summed E-state index contributed by atoms with van der Waals surface area (Å²) in [5.41, 5.74) is -3.32. The number of carbonyl (C=O) groups excluding carboxylic acids is 1. The molecule has 1 aliphatic heterocycles. The molecule has 0 saturated carbocycles. The van der Waals surface area contributed by atoms with Crippen LogP contribution < -0.4 is 11.0 Å². The molecule has 1 amide bonds. The predicted molar refractivity (Wildman–Crippen MR) is 125 cm³/mol. The van der Waals surface area contributed by atoms with Crippen molar-refractivity contribution in [2.75, 3.05) is 20.1 Å². The monoisotopic (exact) mass is 507 g/mol. The largest absolute Gasteiger partial charge is 0.493 e. The summed E-state index contributed by atoms with van der Waals surface area (Å²) in [7, 11) is 2.05. The van der Waals surface area contributed by atoms with E-state index in [1.165, 1.54) is 35.0 Å². The summed E-state index contributed by atoms with van der Waals surface area (Å²) in [5, 5.41) is 13.2. The van der Waals surface area contributed by atoms with Crippen LogP contribution in [0.3, 0.4) is 0 Å². The number of aromatic hydroxyl groups is 1. The molecule has 1 atom stereocenters. The van der Waals surface area contributed by atoms with Crippen LogP contribution in [0.15, 0.2) is 58.6 Å². The summed E-state index contributed by atoms with van der Waals surface area (Å²) in [6, 6.07) is 6.81. The number of alkyl halides is 3. The molecule has 2 N–H and O–H groups in total. The van der Waals surface area contributed by atoms with Gasteiger partial charge in [-0.1, -0.05) is 0 Å². The van der Waals surface area contributed by atoms with E-state index in [4.69, 9.17) is 0 Å². The second kappa shape index (κ2) is 10.2. The van der Waals surface area contributed by atoms with Crippen molar-refractivity contribution in [1.82, 2.24) is 24.3 Å². The van der Waals surface area contributed by atoms with Crippen LogP contribution in [0.5, 0.6) is 5.88 Å². The van der Waals surface area contributed by atoms with Gasteiger partial charge >= 0.3 is 11.2 Å². The van der Waals surface area contributed by atoms with Gasteiger partial charge in [0.15, 0.2) is 0 Å². The molecule has 0 aliphatic carbocycles. The minimum absolute atomic E-state index is 0.0479. The zero-order chi connectivity index (χ0) is 25.2. The highest BCUT2D eigenvalue weighted by Crippen LogP contribution is 2.37. The van der Waals surface area contributed by atoms with Crippen molar-refractivity contribution in [2.24, 2.45) is 0 Å². The minimum Gasteiger partial charge on any atom is -0.493 e. The van der Waals surface area contributed by atoms with Gasteiger partial charge in [0, 0.05) is 22.9 Å². The summed E-state index contributed by atoms with van der Waals surface area (Å²) < 4.78 is 40.0. The first kappa shape index (κ1) is 24.9. The first-order chi connectivity index (χ1) is 16.7. The third-order valence-electron chi connectivity index (χ3n) is 6.07. The number of thioether (sulfide) groups is 1. The number of nitrogens with one attached hydrogen (secondary N) is 1. The van der Waals surface area contributed by atoms with Gasteiger partial charge < -0.3 is 15.3 Å². The summed E-state index contributed by atoms with van der Waals surface area (Å²) >= 11 is -0.271. The molecule has 3 heterocycles. The maximum atomic E-state index is 13.3. The van der Waals surface area contributed by atoms with E-state index in [2.05, 4.69) is 22.2 Å². The van der Waals surface area contributed by atoms with Crippen LogP contribution in [-0.4, -0.2) is 56.2 Å². The molecule has 2 aromatic heterocycles. The van der Waals surface area contributed by atoms with Gasteiger partial charge in [-0.05, 0) is 86.6 Å². The number of halogens is 3. The lowest BCUT2D eigenvalue weighted by Crippen LogP contribution is -2.36. The quantitative estimate of drug-likeness (QED) is 0.376. The van der Waals surface area contributed by atoms with Crippen LogP contribution in [-0.2, 0) is 4.79 Å². The van der Waals surface area contributed by atoms with E-state index in [0.29, 0.717) is 12.0 Å². The van der Waals surface area contributed by atoms with Crippen molar-refractivity contribution < 1.29 is 23.1 Å². The molecule has 1 unspecified atom stereocenters. The summed E-state index contributed by atoms with van der Waals surface area (Å²) in [4.78, 5) is 31.3. The average molecular weight is 508 g/mol. The number of piperidine rings is 1. The number of hydrogen-bond donors (Lipinski definition) is 2. The number of pyridine rings is 1. The van der Waals surface area contributed by atoms with E-state index < -0.39 is 23.2 Å². The van der Waals surface area contributed by atoms with Gasteiger partial charge in [-0.15, -0.1) is 0 Å². The van der Waals surface area contributed by atoms with Gasteiger partial charge in [-0.25, -0.2) is 9.36 Å². The lowest BCUT2D eigenvalue weighted by molar-refractivity contribution is -0.110. The van der Waals surface area contributed by atoms with Crippen molar-refractivity contribution >= 4 is 18.2 Å². The van der Waals surface area contributed by atoms with E-state index in [9.17, 15) is 27.9 Å². The normalized spacial score (nSPS) is 16.2. The average Bonchev–Trinajstić information content (AvgIpc) is 3.11. The van der Waals surface area contributed by atoms with E-state index in [0.717, 1.165) is 36.1 Å². The molecule has 35 heavy (non-hydrogen) atoms. The van der Waals surface area contributed by atoms with Crippen LogP contribution in [0, 0.1) is 0 Å². The Bertz CT molecular complexity index is 1230. The van der Waals surface area contributed by atoms with Crippen LogP contribution >= 0.6 is 11.8 Å². The number of imidazole rings is 1. The van der Waals surface area contributed by atoms with Crippen LogP contribution in [0.1, 0.15) is 36.1 Å². The Morgan fingerprint density at radius 1 is 1.20 bits per heavy atom. The molecule has 0 radical (unpaired) electrons. The Hall–Kier alpha value is -3.25. The van der Waals surface area contributed by atoms with Crippen LogP contribution in [0.2, 0.25) is 0 Å². The molecule has 0 bridgehead atoms. The lowest BCUT2D eigenvalue weighted by atomic mass is 9.87. The zero-order valence-electron chi connectivity index (χ0n) is 18.8. The fraction of sp³-hybridized carbons (Fsp3) is 0.348. The standard InChI is InChI=1S/C23H24F3N5O3S/c1-29-10-7-15(8-11-29)19-12-27-9-6-18(19)21(28-14-32)30-13-20(33)31(22(30)34)16-2-4-17(5-3-16)35-23(24,25)26/h2-6,9,12-15,21,33H,7-8,10-11H2,1H3,(H,28,32). The molecule has 0 spiro atoms. The topological polar surface area (TPSA) is 92.4 Å². The second-order valence-corrected chi connectivity index (χ2v) is 9.46. The fourth-order valence-corrected chi connectivity index (χ4v) is 4.93. The molecule has 1 saturated heterocycles. The molecule has 12 heteroatoms. The van der Waals surface area contributed by atoms with Crippen LogP contribution in [0.25, 0.3) is 5.69 Å². The van der Waals surface area contributed by atoms with Gasteiger partial charge in [-0.3, -0.25) is 14.3 Å². The number of amides is 1. The maximum Gasteiger partial charge on any atom is 0.446 e. The summed E-state index contributed by atoms with van der Waals surface area (Å²) in [6.07, 6.45) is 5.87. The molecule has 4 rings (SSSR count). The van der Waals surface area contributed by atoms with Crippen molar-refractivity contribution in [3.8, 4) is 11.6 Å². The number of hydrogen-bond acceptors (Lipinski definition) is 6. The Labute approximate surface area is 203 Å². The highest BCUT2D eigenvalue weighted by Gasteiger charge is 2.30. The van der Waals surface area contributed by atoms with Crippen molar-refractivity contribution in [3.05, 3.63) is 70.5 Å². The number of carbonyl (C=O) groups is 1. The number of benzene rings is 1. The SMILES string of the molecule is CN1CCC(c2cnccc2C(NC=O)n2cc(O)n(-c3ccc(SC(F)(F)F)cc3)c2=O)CC1. The third kappa shape index (κ3) is 5.54. The van der Waals surface area contributed by atoms with Crippen molar-refractivity contribution in [2.45, 2.75) is 35.3 Å². The van der Waals surface area contributed by atoms with Crippen LogP contribution in [0.4, 0.5) is 13.2 Å². The first-order valence-corrected chi connectivity index (χ1v) is 11.7. The third-order valence-corrected chi connectivity index (χ3v) is 6.81. The molecule has 1 fully saturated rings. The zero-order valence-corrected chi connectivity index (χ0v) is 19.6. The Morgan fingerprint density at radius 2 is 1.89 bits per heavy atom. The Kier molecular flexibility index (Phi) is 7.22. The highest BCUT2D eigenvalue weighted by molar-refractivity contribution is 8.00.